The maximum Gasteiger partial charge on any atom is 0.405 e. The summed E-state index contributed by atoms with van der Waals surface area (Å²) < 4.78 is 100. The fraction of sp³-hybridized carbons (Fsp3) is 0.455. The molecule has 1 unspecified atom stereocenters. The van der Waals surface area contributed by atoms with Gasteiger partial charge in [-0.15, -0.1) is 0 Å². The number of carbonyl (C=O) groups is 2. The van der Waals surface area contributed by atoms with Gasteiger partial charge in [0.15, 0.2) is 5.78 Å². The molecule has 1 saturated heterocycles. The van der Waals surface area contributed by atoms with E-state index in [4.69, 9.17) is 9.47 Å². The molecule has 1 aliphatic heterocycles. The molecule has 14 heteroatoms. The Bertz CT molecular complexity index is 2020. The number of Topliss-reactive ketones (excluding diaryl/α,β-unsaturated/α-hetero) is 1. The number of ketones is 1. The lowest BCUT2D eigenvalue weighted by Gasteiger charge is -2.31. The molecule has 5 rings (SSSR count). The molecule has 0 spiro atoms. The number of aliphatic carboxylic acids is 1. The van der Waals surface area contributed by atoms with Gasteiger partial charge < -0.3 is 19.5 Å². The minimum absolute atomic E-state index is 0.0278. The Balaban J connectivity index is 0.000000291. The summed E-state index contributed by atoms with van der Waals surface area (Å²) in [5, 5.41) is 11.9. The first-order chi connectivity index (χ1) is 27.1. The molecule has 0 aliphatic carbocycles. The lowest BCUT2D eigenvalue weighted by Crippen LogP contribution is -2.40. The van der Waals surface area contributed by atoms with Crippen molar-refractivity contribution in [1.82, 2.24) is 4.90 Å². The third kappa shape index (κ3) is 11.9. The minimum Gasteiger partial charge on any atom is -0.496 e. The smallest absolute Gasteiger partial charge is 0.405 e. The predicted octanol–water partition coefficient (Wildman–Crippen LogP) is 10.9. The van der Waals surface area contributed by atoms with E-state index in [9.17, 15) is 45.4 Å². The van der Waals surface area contributed by atoms with Crippen molar-refractivity contribution in [1.29, 1.82) is 0 Å². The molecule has 0 bridgehead atoms. The van der Waals surface area contributed by atoms with E-state index >= 15 is 0 Å². The Morgan fingerprint density at radius 1 is 0.879 bits per heavy atom. The summed E-state index contributed by atoms with van der Waals surface area (Å²) in [7, 11) is 3.43. The lowest BCUT2D eigenvalue weighted by atomic mass is 9.86. The van der Waals surface area contributed by atoms with E-state index in [1.54, 1.807) is 14.2 Å². The maximum absolute atomic E-state index is 13.8. The molecule has 7 nitrogen and oxygen atoms in total. The number of benzene rings is 4. The number of aryl methyl sites for hydroxylation is 1. The van der Waals surface area contributed by atoms with Gasteiger partial charge >= 0.3 is 18.3 Å². The van der Waals surface area contributed by atoms with Crippen LogP contribution in [0.25, 0.3) is 21.9 Å². The quantitative estimate of drug-likeness (QED) is 0.106. The molecular weight excluding hydrogens is 769 g/mol. The van der Waals surface area contributed by atoms with Crippen LogP contribution in [0.15, 0.2) is 60.7 Å². The number of nitrogens with zero attached hydrogens (tertiary/aromatic N) is 2. The van der Waals surface area contributed by atoms with Crippen molar-refractivity contribution in [3.8, 4) is 22.6 Å². The highest BCUT2D eigenvalue weighted by molar-refractivity contribution is 6.01. The summed E-state index contributed by atoms with van der Waals surface area (Å²) in [6.45, 7) is 7.84. The number of piperidine rings is 1. The average Bonchev–Trinajstić information content (AvgIpc) is 3.12. The topological polar surface area (TPSA) is 79.3 Å². The van der Waals surface area contributed by atoms with Gasteiger partial charge in [0, 0.05) is 17.8 Å². The van der Waals surface area contributed by atoms with E-state index in [0.717, 1.165) is 83.1 Å². The maximum atomic E-state index is 13.8. The molecule has 1 atom stereocenters. The van der Waals surface area contributed by atoms with Crippen LogP contribution in [0.2, 0.25) is 0 Å². The van der Waals surface area contributed by atoms with Gasteiger partial charge in [0.1, 0.15) is 30.4 Å². The fourth-order valence-electron chi connectivity index (χ4n) is 7.49. The monoisotopic (exact) mass is 820 g/mol. The number of hydrogen-bond donors (Lipinski definition) is 1. The second kappa shape index (κ2) is 19.3. The van der Waals surface area contributed by atoms with E-state index in [1.807, 2.05) is 38.1 Å². The van der Waals surface area contributed by atoms with Crippen LogP contribution >= 0.6 is 0 Å². The third-order valence-electron chi connectivity index (χ3n) is 10.5. The van der Waals surface area contributed by atoms with Crippen LogP contribution in [-0.2, 0) is 17.8 Å². The minimum atomic E-state index is -4.89. The normalized spacial score (nSPS) is 14.5. The summed E-state index contributed by atoms with van der Waals surface area (Å²) in [4.78, 5) is 25.6. The van der Waals surface area contributed by atoms with Gasteiger partial charge in [-0.05, 0) is 104 Å². The summed E-state index contributed by atoms with van der Waals surface area (Å²) in [5.74, 6) is -0.550. The van der Waals surface area contributed by atoms with Gasteiger partial charge in [-0.1, -0.05) is 63.2 Å². The summed E-state index contributed by atoms with van der Waals surface area (Å²) in [6, 6.07) is 18.0. The molecule has 0 aromatic heterocycles. The van der Waals surface area contributed by atoms with Crippen LogP contribution in [0.3, 0.4) is 0 Å². The molecule has 4 aromatic rings. The number of hydrogen-bond acceptors (Lipinski definition) is 6. The Hall–Kier alpha value is -4.85. The van der Waals surface area contributed by atoms with Crippen LogP contribution in [0.5, 0.6) is 11.5 Å². The van der Waals surface area contributed by atoms with Crippen LogP contribution in [0.1, 0.15) is 67.6 Å². The molecule has 0 saturated carbocycles. The van der Waals surface area contributed by atoms with Crippen molar-refractivity contribution >= 4 is 28.2 Å². The van der Waals surface area contributed by atoms with Gasteiger partial charge in [0.05, 0.1) is 31.3 Å². The summed E-state index contributed by atoms with van der Waals surface area (Å²) >= 11 is 0. The SMILES string of the molecule is CC(=O)c1c(C)cc(N(CC(F)(F)F)CC(F)(F)F)cc1F.COc1ccc(CN2CCC(C)CC2)c(OC)c1-c1cccc2c(CC(C(=O)O)C(C)C)cccc12. The first-order valence-electron chi connectivity index (χ1n) is 19.0. The van der Waals surface area contributed by atoms with Crippen LogP contribution in [0, 0.1) is 30.5 Å². The average molecular weight is 821 g/mol. The number of halogens is 7. The van der Waals surface area contributed by atoms with Gasteiger partial charge in [0.2, 0.25) is 0 Å². The van der Waals surface area contributed by atoms with Crippen molar-refractivity contribution in [3.63, 3.8) is 0 Å². The molecule has 1 aliphatic rings. The molecule has 4 aromatic carbocycles. The van der Waals surface area contributed by atoms with Gasteiger partial charge in [-0.3, -0.25) is 14.5 Å². The van der Waals surface area contributed by atoms with Gasteiger partial charge in [-0.2, -0.15) is 26.3 Å². The number of anilines is 1. The second-order valence-corrected chi connectivity index (χ2v) is 15.3. The van der Waals surface area contributed by atoms with Gasteiger partial charge in [-0.25, -0.2) is 4.39 Å². The standard InChI is InChI=1S/C31H39NO4.C13H12F7NO/c1-20(2)27(31(33)34)18-22-8-6-10-25-24(22)9-7-11-26(25)29-28(35-4)13-12-23(30(29)36-5)19-32-16-14-21(3)15-17-32;1-7-3-9(4-10(14)11(7)8(2)22)21(5-12(15,16)17)6-13(18,19)20/h6-13,20-21,27H,14-19H2,1-5H3,(H,33,34);3-4H,5-6H2,1-2H3. The summed E-state index contributed by atoms with van der Waals surface area (Å²) in [5.41, 5.74) is 3.21. The van der Waals surface area contributed by atoms with Crippen molar-refractivity contribution in [2.45, 2.75) is 72.8 Å². The number of likely N-dealkylation sites (tertiary alicyclic amines) is 1. The molecule has 0 amide bonds. The Morgan fingerprint density at radius 3 is 2.00 bits per heavy atom. The van der Waals surface area contributed by atoms with Crippen LogP contribution in [0.4, 0.5) is 36.4 Å². The first kappa shape index (κ1) is 45.8. The zero-order valence-electron chi connectivity index (χ0n) is 33.8. The number of alkyl halides is 6. The third-order valence-corrected chi connectivity index (χ3v) is 10.5. The molecular formula is C44H51F7N2O5. The lowest BCUT2D eigenvalue weighted by molar-refractivity contribution is -0.143. The largest absolute Gasteiger partial charge is 0.496 e. The highest BCUT2D eigenvalue weighted by atomic mass is 19.4. The Morgan fingerprint density at radius 2 is 1.48 bits per heavy atom. The van der Waals surface area contributed by atoms with Crippen molar-refractivity contribution in [3.05, 3.63) is 88.7 Å². The zero-order valence-corrected chi connectivity index (χ0v) is 33.8. The Labute approximate surface area is 334 Å². The molecule has 1 fully saturated rings. The summed E-state index contributed by atoms with van der Waals surface area (Å²) in [6.07, 6.45) is -6.84. The van der Waals surface area contributed by atoms with Crippen molar-refractivity contribution < 1.29 is 54.9 Å². The number of ether oxygens (including phenoxy) is 2. The van der Waals surface area contributed by atoms with Crippen molar-refractivity contribution in [2.75, 3.05) is 45.3 Å². The van der Waals surface area contributed by atoms with E-state index < -0.39 is 54.6 Å². The number of carbonyl (C=O) groups excluding carboxylic acids is 1. The van der Waals surface area contributed by atoms with E-state index in [1.165, 1.54) is 19.8 Å². The molecule has 316 valence electrons. The highest BCUT2D eigenvalue weighted by Gasteiger charge is 2.38. The predicted molar refractivity (Wildman–Crippen MR) is 211 cm³/mol. The molecule has 0 radical (unpaired) electrons. The van der Waals surface area contributed by atoms with Gasteiger partial charge in [0.25, 0.3) is 0 Å². The van der Waals surface area contributed by atoms with E-state index in [0.29, 0.717) is 12.5 Å². The number of rotatable bonds is 13. The van der Waals surface area contributed by atoms with Crippen LogP contribution < -0.4 is 14.4 Å². The first-order valence-corrected chi connectivity index (χ1v) is 19.0. The van der Waals surface area contributed by atoms with E-state index in [-0.39, 0.29) is 21.9 Å². The number of methoxy groups -OCH3 is 2. The molecule has 1 heterocycles. The van der Waals surface area contributed by atoms with Crippen LogP contribution in [-0.4, -0.2) is 74.5 Å². The number of carboxylic acids is 1. The number of carboxylic acid groups (broad SMARTS) is 1. The van der Waals surface area contributed by atoms with Crippen molar-refractivity contribution in [2.24, 2.45) is 17.8 Å². The molecule has 58 heavy (non-hydrogen) atoms. The highest BCUT2D eigenvalue weighted by Crippen LogP contribution is 2.45. The number of fused-ring (bicyclic) bond motifs is 1. The Kier molecular flexibility index (Phi) is 15.2. The fourth-order valence-corrected chi connectivity index (χ4v) is 7.49. The molecule has 1 N–H and O–H groups in total. The zero-order chi connectivity index (χ0) is 43.1. The van der Waals surface area contributed by atoms with E-state index in [2.05, 4.69) is 36.1 Å². The second-order valence-electron chi connectivity index (χ2n) is 15.3.